The zero-order valence-corrected chi connectivity index (χ0v) is 15.0. The average Bonchev–Trinajstić information content (AvgIpc) is 2.71. The number of rotatable bonds is 7. The highest BCUT2D eigenvalue weighted by Gasteiger charge is 2.17. The first-order valence-electron chi connectivity index (χ1n) is 8.66. The number of nitrogens with zero attached hydrogens (tertiary/aromatic N) is 2. The van der Waals surface area contributed by atoms with E-state index in [-0.39, 0.29) is 18.8 Å². The van der Waals surface area contributed by atoms with Crippen molar-refractivity contribution in [2.45, 2.75) is 13.0 Å². The number of ether oxygens (including phenoxy) is 1. The molecule has 7 heteroatoms. The molecule has 7 nitrogen and oxygen atoms in total. The van der Waals surface area contributed by atoms with Gasteiger partial charge >= 0.3 is 0 Å². The fourth-order valence-corrected chi connectivity index (χ4v) is 2.78. The number of hydrogen-bond acceptors (Lipinski definition) is 5. The summed E-state index contributed by atoms with van der Waals surface area (Å²) in [6, 6.07) is 14.6. The molecule has 0 aliphatic heterocycles. The number of hydrogen-bond donors (Lipinski definition) is 2. The van der Waals surface area contributed by atoms with E-state index >= 15 is 0 Å². The number of carbonyl (C=O) groups is 1. The minimum Gasteiger partial charge on any atom is -0.497 e. The maximum Gasteiger partial charge on any atom is 0.275 e. The van der Waals surface area contributed by atoms with Crippen LogP contribution in [-0.4, -0.2) is 41.1 Å². The molecule has 0 saturated carbocycles. The molecule has 0 fully saturated rings. The molecule has 2 N–H and O–H groups in total. The van der Waals surface area contributed by atoms with Gasteiger partial charge in [0.25, 0.3) is 5.91 Å². The van der Waals surface area contributed by atoms with Crippen molar-refractivity contribution in [1.82, 2.24) is 15.1 Å². The molecular formula is C20H21N3O4. The highest BCUT2D eigenvalue weighted by Crippen LogP contribution is 2.15. The Hall–Kier alpha value is -3.19. The van der Waals surface area contributed by atoms with E-state index in [2.05, 4.69) is 10.4 Å². The summed E-state index contributed by atoms with van der Waals surface area (Å²) in [5.74, 6) is 0.211. The number of amides is 1. The topological polar surface area (TPSA) is 93.5 Å². The highest BCUT2D eigenvalue weighted by atomic mass is 16.5. The van der Waals surface area contributed by atoms with Crippen LogP contribution in [0.2, 0.25) is 0 Å². The van der Waals surface area contributed by atoms with Crippen molar-refractivity contribution >= 4 is 16.8 Å². The van der Waals surface area contributed by atoms with Crippen LogP contribution < -0.4 is 15.5 Å². The molecule has 0 aliphatic rings. The predicted octanol–water partition coefficient (Wildman–Crippen LogP) is 1.57. The van der Waals surface area contributed by atoms with Gasteiger partial charge in [0.05, 0.1) is 19.2 Å². The maximum absolute atomic E-state index is 12.7. The van der Waals surface area contributed by atoms with Gasteiger partial charge in [0.15, 0.2) is 5.69 Å². The number of methoxy groups -OCH3 is 1. The van der Waals surface area contributed by atoms with E-state index in [0.29, 0.717) is 23.9 Å². The summed E-state index contributed by atoms with van der Waals surface area (Å²) in [6.45, 7) is 0.649. The van der Waals surface area contributed by atoms with Crippen molar-refractivity contribution in [2.75, 3.05) is 20.3 Å². The minimum absolute atomic E-state index is 0.0346. The molecule has 0 aliphatic carbocycles. The minimum atomic E-state index is -0.539. The first kappa shape index (κ1) is 18.6. The summed E-state index contributed by atoms with van der Waals surface area (Å²) in [5, 5.41) is 16.2. The van der Waals surface area contributed by atoms with Crippen LogP contribution in [0.15, 0.2) is 53.3 Å². The molecule has 0 unspecified atom stereocenters. The van der Waals surface area contributed by atoms with Crippen LogP contribution in [0.25, 0.3) is 10.9 Å². The maximum atomic E-state index is 12.7. The van der Waals surface area contributed by atoms with Gasteiger partial charge in [-0.2, -0.15) is 5.10 Å². The molecule has 1 heterocycles. The summed E-state index contributed by atoms with van der Waals surface area (Å²) < 4.78 is 6.82. The summed E-state index contributed by atoms with van der Waals surface area (Å²) in [6.07, 6.45) is 0.416. The summed E-state index contributed by atoms with van der Waals surface area (Å²) in [5.41, 5.74) is 1.06. The highest BCUT2D eigenvalue weighted by molar-refractivity contribution is 5.95. The fourth-order valence-electron chi connectivity index (χ4n) is 2.78. The third-order valence-corrected chi connectivity index (χ3v) is 4.19. The van der Waals surface area contributed by atoms with E-state index in [1.54, 1.807) is 30.0 Å². The number of carbonyl (C=O) groups excluding carboxylic acids is 1. The first-order valence-corrected chi connectivity index (χ1v) is 8.66. The van der Waals surface area contributed by atoms with Gasteiger partial charge in [-0.25, -0.2) is 0 Å². The number of aliphatic hydroxyl groups is 1. The Morgan fingerprint density at radius 1 is 1.19 bits per heavy atom. The van der Waals surface area contributed by atoms with Crippen molar-refractivity contribution in [2.24, 2.45) is 0 Å². The monoisotopic (exact) mass is 367 g/mol. The van der Waals surface area contributed by atoms with Gasteiger partial charge in [-0.15, -0.1) is 0 Å². The lowest BCUT2D eigenvalue weighted by Crippen LogP contribution is -2.33. The Balaban J connectivity index is 2.01. The fraction of sp³-hybridized carbons (Fsp3) is 0.250. The zero-order valence-electron chi connectivity index (χ0n) is 15.0. The molecule has 0 saturated heterocycles. The van der Waals surface area contributed by atoms with Crippen molar-refractivity contribution in [3.8, 4) is 5.75 Å². The van der Waals surface area contributed by atoms with Crippen LogP contribution in [0, 0.1) is 0 Å². The van der Waals surface area contributed by atoms with Crippen LogP contribution in [-0.2, 0) is 6.54 Å². The van der Waals surface area contributed by atoms with Crippen LogP contribution >= 0.6 is 0 Å². The second-order valence-corrected chi connectivity index (χ2v) is 6.03. The third-order valence-electron chi connectivity index (χ3n) is 4.19. The second kappa shape index (κ2) is 8.46. The van der Waals surface area contributed by atoms with Gasteiger partial charge in [-0.3, -0.25) is 14.3 Å². The van der Waals surface area contributed by atoms with E-state index < -0.39 is 11.3 Å². The quantitative estimate of drug-likeness (QED) is 0.618. The molecule has 3 rings (SSSR count). The molecule has 2 aromatic carbocycles. The van der Waals surface area contributed by atoms with E-state index in [1.165, 1.54) is 0 Å². The van der Waals surface area contributed by atoms with Gasteiger partial charge in [0.1, 0.15) is 5.75 Å². The Bertz CT molecular complexity index is 996. The van der Waals surface area contributed by atoms with Gasteiger partial charge in [-0.05, 0) is 36.2 Å². The first-order chi connectivity index (χ1) is 13.1. The Kier molecular flexibility index (Phi) is 5.83. The summed E-state index contributed by atoms with van der Waals surface area (Å²) >= 11 is 0. The van der Waals surface area contributed by atoms with Gasteiger partial charge in [-0.1, -0.05) is 24.3 Å². The van der Waals surface area contributed by atoms with E-state index in [9.17, 15) is 9.59 Å². The van der Waals surface area contributed by atoms with Crippen LogP contribution in [0.5, 0.6) is 5.75 Å². The normalized spacial score (nSPS) is 10.7. The molecule has 140 valence electrons. The number of benzene rings is 2. The Morgan fingerprint density at radius 3 is 2.63 bits per heavy atom. The van der Waals surface area contributed by atoms with E-state index in [4.69, 9.17) is 9.84 Å². The third kappa shape index (κ3) is 4.15. The average molecular weight is 367 g/mol. The lowest BCUT2D eigenvalue weighted by atomic mass is 10.1. The second-order valence-electron chi connectivity index (χ2n) is 6.03. The van der Waals surface area contributed by atoms with Crippen LogP contribution in [0.1, 0.15) is 22.5 Å². The smallest absolute Gasteiger partial charge is 0.275 e. The zero-order chi connectivity index (χ0) is 19.2. The standard InChI is InChI=1S/C20H21N3O4/c1-27-15-9-7-14(8-10-15)13-23-17-6-3-2-5-16(17)19(25)18(22-23)20(26)21-11-4-12-24/h2-3,5-10,24H,4,11-13H2,1H3,(H,21,26). The largest absolute Gasteiger partial charge is 0.497 e. The predicted molar refractivity (Wildman–Crippen MR) is 102 cm³/mol. The summed E-state index contributed by atoms with van der Waals surface area (Å²) in [4.78, 5) is 25.1. The number of para-hydroxylation sites is 1. The molecule has 27 heavy (non-hydrogen) atoms. The SMILES string of the molecule is COc1ccc(Cn2nc(C(=O)NCCCO)c(=O)c3ccccc32)cc1. The molecule has 0 radical (unpaired) electrons. The van der Waals surface area contributed by atoms with E-state index in [1.807, 2.05) is 30.3 Å². The molecule has 3 aromatic rings. The van der Waals surface area contributed by atoms with Crippen molar-refractivity contribution < 1.29 is 14.6 Å². The summed E-state index contributed by atoms with van der Waals surface area (Å²) in [7, 11) is 1.60. The number of fused-ring (bicyclic) bond motifs is 1. The number of aromatic nitrogens is 2. The van der Waals surface area contributed by atoms with Crippen molar-refractivity contribution in [3.05, 3.63) is 70.0 Å². The molecular weight excluding hydrogens is 346 g/mol. The van der Waals surface area contributed by atoms with Crippen molar-refractivity contribution in [3.63, 3.8) is 0 Å². The Morgan fingerprint density at radius 2 is 1.93 bits per heavy atom. The van der Waals surface area contributed by atoms with Gasteiger partial charge in [0.2, 0.25) is 5.43 Å². The van der Waals surface area contributed by atoms with E-state index in [0.717, 1.165) is 11.3 Å². The molecule has 1 amide bonds. The molecule has 0 spiro atoms. The lowest BCUT2D eigenvalue weighted by Gasteiger charge is -2.12. The van der Waals surface area contributed by atoms with Crippen LogP contribution in [0.4, 0.5) is 0 Å². The number of nitrogens with one attached hydrogen (secondary N) is 1. The van der Waals surface area contributed by atoms with Crippen LogP contribution in [0.3, 0.4) is 0 Å². The lowest BCUT2D eigenvalue weighted by molar-refractivity contribution is 0.0943. The van der Waals surface area contributed by atoms with Crippen molar-refractivity contribution in [1.29, 1.82) is 0 Å². The Labute approximate surface area is 156 Å². The molecule has 1 aromatic heterocycles. The molecule has 0 bridgehead atoms. The van der Waals surface area contributed by atoms with Gasteiger partial charge < -0.3 is 15.2 Å². The number of aliphatic hydroxyl groups excluding tert-OH is 1. The van der Waals surface area contributed by atoms with Gasteiger partial charge in [0, 0.05) is 18.5 Å². The molecule has 0 atom stereocenters.